The molecule has 1 aliphatic rings. The fraction of sp³-hybridized carbons (Fsp3) is 0.632. The summed E-state index contributed by atoms with van der Waals surface area (Å²) in [5.41, 5.74) is 0.409. The van der Waals surface area contributed by atoms with Crippen LogP contribution in [-0.2, 0) is 4.74 Å². The van der Waals surface area contributed by atoms with Crippen LogP contribution in [0.1, 0.15) is 26.2 Å². The molecule has 1 N–H and O–H groups in total. The summed E-state index contributed by atoms with van der Waals surface area (Å²) in [5.74, 6) is 1.83. The molecule has 0 spiro atoms. The lowest BCUT2D eigenvalue weighted by atomic mass is 10.0. The minimum Gasteiger partial charge on any atom is -0.492 e. The van der Waals surface area contributed by atoms with Gasteiger partial charge in [0.1, 0.15) is 12.4 Å². The predicted molar refractivity (Wildman–Crippen MR) is 114 cm³/mol. The Morgan fingerprint density at radius 2 is 1.96 bits per heavy atom. The molecule has 1 fully saturated rings. The lowest BCUT2D eigenvalue weighted by Gasteiger charge is -2.24. The second-order valence-corrected chi connectivity index (χ2v) is 6.43. The van der Waals surface area contributed by atoms with Crippen molar-refractivity contribution in [2.24, 2.45) is 10.4 Å². The molecule has 0 atom stereocenters. The molecular formula is C19H32IN3O2. The number of benzene rings is 1. The molecule has 1 aliphatic carbocycles. The van der Waals surface area contributed by atoms with Crippen LogP contribution in [0.15, 0.2) is 35.3 Å². The molecule has 0 radical (unpaired) electrons. The highest BCUT2D eigenvalue weighted by Crippen LogP contribution is 2.48. The van der Waals surface area contributed by atoms with Crippen molar-refractivity contribution in [3.8, 4) is 5.75 Å². The van der Waals surface area contributed by atoms with E-state index in [2.05, 4.69) is 15.2 Å². The molecule has 0 bridgehead atoms. The SMILES string of the molecule is CCOCCC1(CNC(=NC)N(C)CCOc2ccccc2)CC1.I. The molecule has 6 heteroatoms. The van der Waals surface area contributed by atoms with Crippen LogP contribution in [0.2, 0.25) is 0 Å². The third kappa shape index (κ3) is 7.81. The summed E-state index contributed by atoms with van der Waals surface area (Å²) in [7, 11) is 3.88. The maximum absolute atomic E-state index is 5.75. The first-order valence-electron chi connectivity index (χ1n) is 8.86. The van der Waals surface area contributed by atoms with Gasteiger partial charge in [-0.3, -0.25) is 4.99 Å². The Morgan fingerprint density at radius 1 is 1.24 bits per heavy atom. The van der Waals surface area contributed by atoms with Crippen molar-refractivity contribution in [1.29, 1.82) is 0 Å². The zero-order chi connectivity index (χ0) is 17.3. The number of ether oxygens (including phenoxy) is 2. The van der Waals surface area contributed by atoms with Crippen molar-refractivity contribution in [2.75, 3.05) is 47.0 Å². The number of likely N-dealkylation sites (N-methyl/N-ethyl adjacent to an activating group) is 1. The van der Waals surface area contributed by atoms with E-state index < -0.39 is 0 Å². The standard InChI is InChI=1S/C19H31N3O2.HI/c1-4-23-14-12-19(10-11-19)16-21-18(20-2)22(3)13-15-24-17-8-6-5-7-9-17;/h5-9H,4,10-16H2,1-3H3,(H,20,21);1H. The number of halogens is 1. The Hall–Kier alpha value is -1.02. The normalized spacial score (nSPS) is 15.2. The number of hydrogen-bond donors (Lipinski definition) is 1. The molecule has 0 heterocycles. The second kappa shape index (κ2) is 11.6. The molecule has 1 saturated carbocycles. The van der Waals surface area contributed by atoms with Gasteiger partial charge in [0, 0.05) is 33.9 Å². The maximum Gasteiger partial charge on any atom is 0.193 e. The molecule has 0 aromatic heterocycles. The first kappa shape index (κ1) is 22.0. The van der Waals surface area contributed by atoms with E-state index in [1.807, 2.05) is 51.4 Å². The van der Waals surface area contributed by atoms with Gasteiger partial charge in [-0.2, -0.15) is 0 Å². The van der Waals surface area contributed by atoms with Gasteiger partial charge in [0.15, 0.2) is 5.96 Å². The van der Waals surface area contributed by atoms with E-state index in [9.17, 15) is 0 Å². The van der Waals surface area contributed by atoms with E-state index in [0.717, 1.165) is 44.4 Å². The number of aliphatic imine (C=N–C) groups is 1. The fourth-order valence-electron chi connectivity index (χ4n) is 2.70. The maximum atomic E-state index is 5.75. The van der Waals surface area contributed by atoms with E-state index in [4.69, 9.17) is 9.47 Å². The number of nitrogens with one attached hydrogen (secondary N) is 1. The van der Waals surface area contributed by atoms with Gasteiger partial charge in [-0.1, -0.05) is 18.2 Å². The van der Waals surface area contributed by atoms with Gasteiger partial charge < -0.3 is 19.7 Å². The molecule has 1 aromatic carbocycles. The van der Waals surface area contributed by atoms with Gasteiger partial charge >= 0.3 is 0 Å². The summed E-state index contributed by atoms with van der Waals surface area (Å²) < 4.78 is 11.3. The van der Waals surface area contributed by atoms with Crippen molar-refractivity contribution < 1.29 is 9.47 Å². The minimum atomic E-state index is 0. The first-order chi connectivity index (χ1) is 11.7. The van der Waals surface area contributed by atoms with Crippen LogP contribution in [-0.4, -0.2) is 57.9 Å². The summed E-state index contributed by atoms with van der Waals surface area (Å²) in [6.45, 7) is 6.10. The van der Waals surface area contributed by atoms with E-state index >= 15 is 0 Å². The monoisotopic (exact) mass is 461 g/mol. The minimum absolute atomic E-state index is 0. The number of nitrogens with zero attached hydrogens (tertiary/aromatic N) is 2. The quantitative estimate of drug-likeness (QED) is 0.251. The number of para-hydroxylation sites is 1. The average Bonchev–Trinajstić information content (AvgIpc) is 3.37. The molecule has 2 rings (SSSR count). The average molecular weight is 461 g/mol. The van der Waals surface area contributed by atoms with Crippen LogP contribution in [0.5, 0.6) is 5.75 Å². The molecule has 0 aliphatic heterocycles. The lowest BCUT2D eigenvalue weighted by Crippen LogP contribution is -2.43. The summed E-state index contributed by atoms with van der Waals surface area (Å²) in [6.07, 6.45) is 3.70. The van der Waals surface area contributed by atoms with Crippen molar-refractivity contribution in [1.82, 2.24) is 10.2 Å². The Morgan fingerprint density at radius 3 is 2.56 bits per heavy atom. The largest absolute Gasteiger partial charge is 0.492 e. The Bertz CT molecular complexity index is 507. The van der Waals surface area contributed by atoms with Crippen LogP contribution >= 0.6 is 24.0 Å². The van der Waals surface area contributed by atoms with Crippen molar-refractivity contribution in [3.63, 3.8) is 0 Å². The van der Waals surface area contributed by atoms with Crippen LogP contribution in [0.25, 0.3) is 0 Å². The van der Waals surface area contributed by atoms with Crippen LogP contribution in [0.4, 0.5) is 0 Å². The van der Waals surface area contributed by atoms with E-state index in [-0.39, 0.29) is 24.0 Å². The van der Waals surface area contributed by atoms with Gasteiger partial charge in [0.05, 0.1) is 6.54 Å². The Labute approximate surface area is 169 Å². The predicted octanol–water partition coefficient (Wildman–Crippen LogP) is 3.40. The zero-order valence-corrected chi connectivity index (χ0v) is 18.0. The topological polar surface area (TPSA) is 46.1 Å². The van der Waals surface area contributed by atoms with Crippen LogP contribution < -0.4 is 10.1 Å². The molecule has 0 saturated heterocycles. The lowest BCUT2D eigenvalue weighted by molar-refractivity contribution is 0.128. The second-order valence-electron chi connectivity index (χ2n) is 6.43. The van der Waals surface area contributed by atoms with Crippen molar-refractivity contribution in [2.45, 2.75) is 26.2 Å². The highest BCUT2D eigenvalue weighted by atomic mass is 127. The van der Waals surface area contributed by atoms with Gasteiger partial charge in [-0.25, -0.2) is 0 Å². The van der Waals surface area contributed by atoms with Gasteiger partial charge in [-0.05, 0) is 43.7 Å². The number of guanidine groups is 1. The highest BCUT2D eigenvalue weighted by molar-refractivity contribution is 14.0. The smallest absolute Gasteiger partial charge is 0.193 e. The summed E-state index contributed by atoms with van der Waals surface area (Å²) in [4.78, 5) is 6.50. The molecule has 0 unspecified atom stereocenters. The third-order valence-electron chi connectivity index (χ3n) is 4.57. The molecule has 25 heavy (non-hydrogen) atoms. The molecule has 5 nitrogen and oxygen atoms in total. The van der Waals surface area contributed by atoms with Gasteiger partial charge in [-0.15, -0.1) is 24.0 Å². The molecular weight excluding hydrogens is 429 g/mol. The Kier molecular flexibility index (Phi) is 10.2. The fourth-order valence-corrected chi connectivity index (χ4v) is 2.70. The highest BCUT2D eigenvalue weighted by Gasteiger charge is 2.42. The van der Waals surface area contributed by atoms with Gasteiger partial charge in [0.2, 0.25) is 0 Å². The van der Waals surface area contributed by atoms with E-state index in [0.29, 0.717) is 12.0 Å². The molecule has 142 valence electrons. The number of hydrogen-bond acceptors (Lipinski definition) is 3. The van der Waals surface area contributed by atoms with Crippen molar-refractivity contribution >= 4 is 29.9 Å². The van der Waals surface area contributed by atoms with Crippen LogP contribution in [0.3, 0.4) is 0 Å². The third-order valence-corrected chi connectivity index (χ3v) is 4.57. The molecule has 1 aromatic rings. The Balaban J connectivity index is 0.00000312. The zero-order valence-electron chi connectivity index (χ0n) is 15.7. The first-order valence-corrected chi connectivity index (χ1v) is 8.86. The number of rotatable bonds is 10. The summed E-state index contributed by atoms with van der Waals surface area (Å²) >= 11 is 0. The summed E-state index contributed by atoms with van der Waals surface area (Å²) in [6, 6.07) is 9.91. The van der Waals surface area contributed by atoms with E-state index in [1.54, 1.807) is 0 Å². The molecule has 0 amide bonds. The van der Waals surface area contributed by atoms with Crippen molar-refractivity contribution in [3.05, 3.63) is 30.3 Å². The van der Waals surface area contributed by atoms with Gasteiger partial charge in [0.25, 0.3) is 0 Å². The summed E-state index contributed by atoms with van der Waals surface area (Å²) in [5, 5.41) is 3.51. The van der Waals surface area contributed by atoms with E-state index in [1.165, 1.54) is 12.8 Å². The van der Waals surface area contributed by atoms with Crippen LogP contribution in [0, 0.1) is 5.41 Å².